The number of thioether (sulfide) groups is 1. The molecular weight excluding hydrogens is 299 g/mol. The lowest BCUT2D eigenvalue weighted by atomic mass is 10.1. The van der Waals surface area contributed by atoms with Crippen LogP contribution in [0.4, 0.5) is 4.39 Å². The van der Waals surface area contributed by atoms with Crippen LogP contribution in [0.5, 0.6) is 0 Å². The zero-order chi connectivity index (χ0) is 15.4. The number of hydrogen-bond donors (Lipinski definition) is 0. The van der Waals surface area contributed by atoms with Gasteiger partial charge in [0.05, 0.1) is 11.7 Å². The summed E-state index contributed by atoms with van der Waals surface area (Å²) in [6, 6.07) is 7.37. The van der Waals surface area contributed by atoms with E-state index in [0.717, 1.165) is 43.9 Å². The number of benzene rings is 1. The van der Waals surface area contributed by atoms with Crippen molar-refractivity contribution in [2.45, 2.75) is 38.0 Å². The van der Waals surface area contributed by atoms with Gasteiger partial charge in [0.2, 0.25) is 0 Å². The van der Waals surface area contributed by atoms with Crippen molar-refractivity contribution in [1.29, 1.82) is 5.26 Å². The van der Waals surface area contributed by atoms with Gasteiger partial charge in [-0.1, -0.05) is 6.07 Å². The van der Waals surface area contributed by atoms with Crippen LogP contribution in [0.1, 0.15) is 30.4 Å². The molecule has 118 valence electrons. The van der Waals surface area contributed by atoms with E-state index in [2.05, 4.69) is 4.90 Å². The standard InChI is InChI=1S/C17H21FN2OS/c18-17-4-3-13(8-14(17)9-19)10-20(15-5-7-22-12-15)11-16-2-1-6-21-16/h3-4,8,15-16H,1-2,5-7,10-12H2/t15-,16+/m0/s1. The van der Waals surface area contributed by atoms with Crippen molar-refractivity contribution in [2.24, 2.45) is 0 Å². The molecular formula is C17H21FN2OS. The lowest BCUT2D eigenvalue weighted by Crippen LogP contribution is -2.40. The van der Waals surface area contributed by atoms with Gasteiger partial charge in [0.25, 0.3) is 0 Å². The van der Waals surface area contributed by atoms with Crippen molar-refractivity contribution < 1.29 is 9.13 Å². The molecule has 2 heterocycles. The van der Waals surface area contributed by atoms with Crippen molar-refractivity contribution in [3.63, 3.8) is 0 Å². The van der Waals surface area contributed by atoms with Gasteiger partial charge in [0.15, 0.2) is 0 Å². The Balaban J connectivity index is 1.72. The quantitative estimate of drug-likeness (QED) is 0.835. The second-order valence-corrected chi connectivity index (χ2v) is 7.16. The average molecular weight is 320 g/mol. The molecule has 2 fully saturated rings. The first-order valence-electron chi connectivity index (χ1n) is 7.88. The highest BCUT2D eigenvalue weighted by atomic mass is 32.2. The predicted molar refractivity (Wildman–Crippen MR) is 86.2 cm³/mol. The Morgan fingerprint density at radius 1 is 1.41 bits per heavy atom. The number of rotatable bonds is 5. The Morgan fingerprint density at radius 2 is 2.32 bits per heavy atom. The van der Waals surface area contributed by atoms with Gasteiger partial charge in [-0.15, -0.1) is 0 Å². The van der Waals surface area contributed by atoms with Gasteiger partial charge in [0, 0.05) is 31.5 Å². The maximum Gasteiger partial charge on any atom is 0.140 e. The Bertz CT molecular complexity index is 548. The fourth-order valence-corrected chi connectivity index (χ4v) is 4.45. The highest BCUT2D eigenvalue weighted by molar-refractivity contribution is 7.99. The smallest absolute Gasteiger partial charge is 0.140 e. The molecule has 0 aliphatic carbocycles. The lowest BCUT2D eigenvalue weighted by Gasteiger charge is -2.30. The molecule has 3 rings (SSSR count). The Morgan fingerprint density at radius 3 is 3.00 bits per heavy atom. The Hall–Kier alpha value is -1.09. The van der Waals surface area contributed by atoms with Gasteiger partial charge in [-0.25, -0.2) is 4.39 Å². The number of ether oxygens (including phenoxy) is 1. The molecule has 2 atom stereocenters. The van der Waals surface area contributed by atoms with E-state index in [1.807, 2.05) is 17.8 Å². The molecule has 2 aliphatic rings. The summed E-state index contributed by atoms with van der Waals surface area (Å²) in [4.78, 5) is 2.46. The summed E-state index contributed by atoms with van der Waals surface area (Å²) >= 11 is 1.99. The Labute approximate surface area is 135 Å². The molecule has 0 saturated carbocycles. The topological polar surface area (TPSA) is 36.3 Å². The zero-order valence-corrected chi connectivity index (χ0v) is 13.4. The van der Waals surface area contributed by atoms with Gasteiger partial charge >= 0.3 is 0 Å². The highest BCUT2D eigenvalue weighted by Gasteiger charge is 2.27. The third-order valence-corrected chi connectivity index (χ3v) is 5.57. The van der Waals surface area contributed by atoms with Gasteiger partial charge in [-0.2, -0.15) is 17.0 Å². The molecule has 5 heteroatoms. The van der Waals surface area contributed by atoms with Gasteiger partial charge < -0.3 is 4.74 Å². The van der Waals surface area contributed by atoms with Gasteiger partial charge in [-0.05, 0) is 42.7 Å². The van der Waals surface area contributed by atoms with Crippen molar-refractivity contribution in [1.82, 2.24) is 4.90 Å². The molecule has 2 aliphatic heterocycles. The lowest BCUT2D eigenvalue weighted by molar-refractivity contribution is 0.0575. The monoisotopic (exact) mass is 320 g/mol. The van der Waals surface area contributed by atoms with E-state index in [9.17, 15) is 4.39 Å². The number of nitriles is 1. The van der Waals surface area contributed by atoms with Crippen LogP contribution in [-0.2, 0) is 11.3 Å². The maximum atomic E-state index is 13.5. The van der Waals surface area contributed by atoms with Crippen LogP contribution < -0.4 is 0 Å². The summed E-state index contributed by atoms with van der Waals surface area (Å²) < 4.78 is 19.3. The predicted octanol–water partition coefficient (Wildman–Crippen LogP) is 3.18. The molecule has 0 unspecified atom stereocenters. The van der Waals surface area contributed by atoms with E-state index in [-0.39, 0.29) is 5.56 Å². The Kier molecular flexibility index (Phi) is 5.35. The summed E-state index contributed by atoms with van der Waals surface area (Å²) in [6.45, 7) is 2.57. The number of hydrogen-bond acceptors (Lipinski definition) is 4. The summed E-state index contributed by atoms with van der Waals surface area (Å²) in [7, 11) is 0. The van der Waals surface area contributed by atoms with Crippen molar-refractivity contribution in [3.8, 4) is 6.07 Å². The second-order valence-electron chi connectivity index (χ2n) is 6.01. The van der Waals surface area contributed by atoms with Gasteiger partial charge in [0.1, 0.15) is 11.9 Å². The summed E-state index contributed by atoms with van der Waals surface area (Å²) in [5.41, 5.74) is 1.14. The van der Waals surface area contributed by atoms with Crippen LogP contribution >= 0.6 is 11.8 Å². The van der Waals surface area contributed by atoms with E-state index in [1.165, 1.54) is 18.2 Å². The molecule has 2 saturated heterocycles. The van der Waals surface area contributed by atoms with Crippen LogP contribution in [0.25, 0.3) is 0 Å². The van der Waals surface area contributed by atoms with E-state index in [1.54, 1.807) is 12.1 Å². The molecule has 0 spiro atoms. The SMILES string of the molecule is N#Cc1cc(CN(C[C@H]2CCCO2)[C@H]2CCSC2)ccc1F. The fourth-order valence-electron chi connectivity index (χ4n) is 3.19. The number of halogens is 1. The van der Waals surface area contributed by atoms with E-state index in [0.29, 0.717) is 12.1 Å². The molecule has 22 heavy (non-hydrogen) atoms. The maximum absolute atomic E-state index is 13.5. The minimum Gasteiger partial charge on any atom is -0.377 e. The molecule has 0 N–H and O–H groups in total. The second kappa shape index (κ2) is 7.45. The van der Waals surface area contributed by atoms with E-state index < -0.39 is 5.82 Å². The molecule has 0 aromatic heterocycles. The highest BCUT2D eigenvalue weighted by Crippen LogP contribution is 2.26. The first kappa shape index (κ1) is 15.8. The normalized spacial score (nSPS) is 24.8. The third-order valence-electron chi connectivity index (χ3n) is 4.42. The van der Waals surface area contributed by atoms with Crippen LogP contribution in [-0.4, -0.2) is 41.7 Å². The van der Waals surface area contributed by atoms with E-state index in [4.69, 9.17) is 10.00 Å². The minimum absolute atomic E-state index is 0.135. The zero-order valence-electron chi connectivity index (χ0n) is 12.6. The van der Waals surface area contributed by atoms with Crippen LogP contribution in [0, 0.1) is 17.1 Å². The molecule has 3 nitrogen and oxygen atoms in total. The first-order chi connectivity index (χ1) is 10.8. The fraction of sp³-hybridized carbons (Fsp3) is 0.588. The summed E-state index contributed by atoms with van der Waals surface area (Å²) in [5, 5.41) is 8.99. The first-order valence-corrected chi connectivity index (χ1v) is 9.03. The molecule has 1 aromatic carbocycles. The minimum atomic E-state index is -0.437. The molecule has 0 amide bonds. The van der Waals surface area contributed by atoms with Crippen molar-refractivity contribution >= 4 is 11.8 Å². The van der Waals surface area contributed by atoms with Crippen molar-refractivity contribution in [2.75, 3.05) is 24.7 Å². The summed E-state index contributed by atoms with van der Waals surface area (Å²) in [6.07, 6.45) is 3.79. The van der Waals surface area contributed by atoms with Gasteiger partial charge in [-0.3, -0.25) is 4.90 Å². The van der Waals surface area contributed by atoms with Crippen LogP contribution in [0.2, 0.25) is 0 Å². The van der Waals surface area contributed by atoms with Crippen molar-refractivity contribution in [3.05, 3.63) is 35.1 Å². The average Bonchev–Trinajstić information content (AvgIpc) is 3.21. The summed E-state index contributed by atoms with van der Waals surface area (Å²) in [5.74, 6) is 1.92. The van der Waals surface area contributed by atoms with Crippen LogP contribution in [0.15, 0.2) is 18.2 Å². The molecule has 0 radical (unpaired) electrons. The molecule has 0 bridgehead atoms. The largest absolute Gasteiger partial charge is 0.377 e. The van der Waals surface area contributed by atoms with Crippen LogP contribution in [0.3, 0.4) is 0 Å². The number of nitrogens with zero attached hydrogens (tertiary/aromatic N) is 2. The van der Waals surface area contributed by atoms with E-state index >= 15 is 0 Å². The third kappa shape index (κ3) is 3.81. The molecule has 1 aromatic rings.